The van der Waals surface area contributed by atoms with Gasteiger partial charge in [-0.15, -0.1) is 6.42 Å². The van der Waals surface area contributed by atoms with E-state index in [2.05, 4.69) is 5.92 Å². The summed E-state index contributed by atoms with van der Waals surface area (Å²) in [5.74, 6) is 2.11. The molecule has 0 spiro atoms. The first kappa shape index (κ1) is 11.5. The lowest BCUT2D eigenvalue weighted by Crippen LogP contribution is -2.24. The van der Waals surface area contributed by atoms with Gasteiger partial charge in [0.2, 0.25) is 0 Å². The van der Waals surface area contributed by atoms with Gasteiger partial charge in [-0.1, -0.05) is 12.0 Å². The number of nitrogens with zero attached hydrogens (tertiary/aromatic N) is 1. The summed E-state index contributed by atoms with van der Waals surface area (Å²) in [5.41, 5.74) is 0.965. The lowest BCUT2D eigenvalue weighted by molar-refractivity contribution is 0.276. The summed E-state index contributed by atoms with van der Waals surface area (Å²) in [5, 5.41) is 9.09. The van der Waals surface area contributed by atoms with Gasteiger partial charge in [0.05, 0.1) is 13.2 Å². The van der Waals surface area contributed by atoms with E-state index in [4.69, 9.17) is 11.5 Å². The SMILES string of the molecule is C#CCN(CC)c1cccc(F)c1CO. The van der Waals surface area contributed by atoms with Gasteiger partial charge in [0, 0.05) is 17.8 Å². The minimum absolute atomic E-state index is 0.301. The number of hydrogen-bond acceptors (Lipinski definition) is 2. The highest BCUT2D eigenvalue weighted by molar-refractivity contribution is 5.54. The summed E-state index contributed by atoms with van der Waals surface area (Å²) in [4.78, 5) is 1.84. The summed E-state index contributed by atoms with van der Waals surface area (Å²) >= 11 is 0. The summed E-state index contributed by atoms with van der Waals surface area (Å²) in [6.07, 6.45) is 5.22. The Hall–Kier alpha value is -1.53. The average molecular weight is 207 g/mol. The molecular formula is C12H14FNO. The fourth-order valence-corrected chi connectivity index (χ4v) is 1.48. The third kappa shape index (κ3) is 2.48. The topological polar surface area (TPSA) is 23.5 Å². The molecule has 0 aliphatic heterocycles. The van der Waals surface area contributed by atoms with Gasteiger partial charge in [-0.25, -0.2) is 4.39 Å². The Balaban J connectivity index is 3.11. The van der Waals surface area contributed by atoms with Crippen LogP contribution in [0.5, 0.6) is 0 Å². The Labute approximate surface area is 89.3 Å². The largest absolute Gasteiger partial charge is 0.391 e. The molecule has 0 aliphatic rings. The molecule has 1 aromatic rings. The molecule has 1 N–H and O–H groups in total. The molecular weight excluding hydrogens is 193 g/mol. The van der Waals surface area contributed by atoms with Crippen LogP contribution in [-0.4, -0.2) is 18.2 Å². The number of anilines is 1. The molecule has 0 radical (unpaired) electrons. The second kappa shape index (κ2) is 5.38. The molecule has 15 heavy (non-hydrogen) atoms. The van der Waals surface area contributed by atoms with Crippen LogP contribution in [0.15, 0.2) is 18.2 Å². The summed E-state index contributed by atoms with van der Waals surface area (Å²) in [7, 11) is 0. The number of terminal acetylenes is 1. The van der Waals surface area contributed by atoms with Crippen molar-refractivity contribution in [2.45, 2.75) is 13.5 Å². The lowest BCUT2D eigenvalue weighted by Gasteiger charge is -2.23. The van der Waals surface area contributed by atoms with Gasteiger partial charge in [0.25, 0.3) is 0 Å². The first-order valence-electron chi connectivity index (χ1n) is 4.81. The highest BCUT2D eigenvalue weighted by atomic mass is 19.1. The molecule has 2 nitrogen and oxygen atoms in total. The number of hydrogen-bond donors (Lipinski definition) is 1. The first-order valence-corrected chi connectivity index (χ1v) is 4.81. The van der Waals surface area contributed by atoms with Crippen molar-refractivity contribution in [3.05, 3.63) is 29.6 Å². The Morgan fingerprint density at radius 3 is 2.80 bits per heavy atom. The second-order valence-corrected chi connectivity index (χ2v) is 3.11. The minimum Gasteiger partial charge on any atom is -0.391 e. The third-order valence-corrected chi connectivity index (χ3v) is 2.26. The van der Waals surface area contributed by atoms with E-state index >= 15 is 0 Å². The van der Waals surface area contributed by atoms with E-state index in [0.717, 1.165) is 0 Å². The molecule has 0 saturated carbocycles. The van der Waals surface area contributed by atoms with Crippen LogP contribution in [0.2, 0.25) is 0 Å². The van der Waals surface area contributed by atoms with Gasteiger partial charge in [0.15, 0.2) is 0 Å². The molecule has 0 fully saturated rings. The Bertz CT molecular complexity index is 370. The Kier molecular flexibility index (Phi) is 4.14. The van der Waals surface area contributed by atoms with Crippen molar-refractivity contribution < 1.29 is 9.50 Å². The smallest absolute Gasteiger partial charge is 0.130 e. The molecule has 0 amide bonds. The van der Waals surface area contributed by atoms with E-state index in [1.54, 1.807) is 12.1 Å². The molecule has 0 atom stereocenters. The summed E-state index contributed by atoms with van der Waals surface area (Å²) in [6.45, 7) is 2.71. The quantitative estimate of drug-likeness (QED) is 0.761. The Morgan fingerprint density at radius 1 is 1.53 bits per heavy atom. The van der Waals surface area contributed by atoms with Crippen LogP contribution in [0.4, 0.5) is 10.1 Å². The van der Waals surface area contributed by atoms with Crippen LogP contribution in [0.1, 0.15) is 12.5 Å². The predicted molar refractivity (Wildman–Crippen MR) is 59.0 cm³/mol. The van der Waals surface area contributed by atoms with Crippen molar-refractivity contribution in [2.75, 3.05) is 18.0 Å². The van der Waals surface area contributed by atoms with Gasteiger partial charge in [-0.2, -0.15) is 0 Å². The fourth-order valence-electron chi connectivity index (χ4n) is 1.48. The zero-order valence-electron chi connectivity index (χ0n) is 8.70. The molecule has 1 rings (SSSR count). The van der Waals surface area contributed by atoms with Crippen molar-refractivity contribution in [3.63, 3.8) is 0 Å². The standard InChI is InChI=1S/C12H14FNO/c1-3-8-14(4-2)12-7-5-6-11(13)10(12)9-15/h1,5-7,15H,4,8-9H2,2H3. The number of aliphatic hydroxyl groups is 1. The van der Waals surface area contributed by atoms with Crippen LogP contribution >= 0.6 is 0 Å². The molecule has 0 saturated heterocycles. The van der Waals surface area contributed by atoms with Crippen molar-refractivity contribution in [2.24, 2.45) is 0 Å². The van der Waals surface area contributed by atoms with Crippen molar-refractivity contribution in [1.29, 1.82) is 0 Å². The minimum atomic E-state index is -0.398. The monoisotopic (exact) mass is 207 g/mol. The van der Waals surface area contributed by atoms with Gasteiger partial charge in [-0.3, -0.25) is 0 Å². The molecule has 0 unspecified atom stereocenters. The number of benzene rings is 1. The first-order chi connectivity index (χ1) is 7.24. The molecule has 80 valence electrons. The maximum atomic E-state index is 13.3. The van der Waals surface area contributed by atoms with Crippen molar-refractivity contribution in [1.82, 2.24) is 0 Å². The number of rotatable bonds is 4. The van der Waals surface area contributed by atoms with E-state index in [9.17, 15) is 4.39 Å². The maximum Gasteiger partial charge on any atom is 0.130 e. The zero-order chi connectivity index (χ0) is 11.3. The summed E-state index contributed by atoms with van der Waals surface area (Å²) in [6, 6.07) is 4.71. The summed E-state index contributed by atoms with van der Waals surface area (Å²) < 4.78 is 13.3. The van der Waals surface area contributed by atoms with Crippen LogP contribution < -0.4 is 4.90 Å². The average Bonchev–Trinajstić information content (AvgIpc) is 2.25. The van der Waals surface area contributed by atoms with Gasteiger partial charge >= 0.3 is 0 Å². The third-order valence-electron chi connectivity index (χ3n) is 2.26. The molecule has 0 aromatic heterocycles. The molecule has 1 aromatic carbocycles. The maximum absolute atomic E-state index is 13.3. The highest BCUT2D eigenvalue weighted by Crippen LogP contribution is 2.22. The van der Waals surface area contributed by atoms with Crippen LogP contribution in [-0.2, 0) is 6.61 Å². The second-order valence-electron chi connectivity index (χ2n) is 3.11. The van der Waals surface area contributed by atoms with Gasteiger partial charge in [0.1, 0.15) is 5.82 Å². The predicted octanol–water partition coefficient (Wildman–Crippen LogP) is 1.78. The lowest BCUT2D eigenvalue weighted by atomic mass is 10.1. The van der Waals surface area contributed by atoms with Crippen LogP contribution in [0.3, 0.4) is 0 Å². The van der Waals surface area contributed by atoms with Crippen LogP contribution in [0, 0.1) is 18.2 Å². The molecule has 0 bridgehead atoms. The van der Waals surface area contributed by atoms with Gasteiger partial charge in [-0.05, 0) is 19.1 Å². The molecule has 0 aliphatic carbocycles. The zero-order valence-corrected chi connectivity index (χ0v) is 8.70. The van der Waals surface area contributed by atoms with E-state index in [0.29, 0.717) is 24.3 Å². The van der Waals surface area contributed by atoms with E-state index in [1.165, 1.54) is 6.07 Å². The van der Waals surface area contributed by atoms with Crippen LogP contribution in [0.25, 0.3) is 0 Å². The van der Waals surface area contributed by atoms with E-state index in [1.807, 2.05) is 11.8 Å². The number of aliphatic hydroxyl groups excluding tert-OH is 1. The Morgan fingerprint density at radius 2 is 2.27 bits per heavy atom. The molecule has 3 heteroatoms. The molecule has 0 heterocycles. The van der Waals surface area contributed by atoms with Gasteiger partial charge < -0.3 is 10.0 Å². The van der Waals surface area contributed by atoms with E-state index < -0.39 is 5.82 Å². The van der Waals surface area contributed by atoms with E-state index in [-0.39, 0.29) is 6.61 Å². The van der Waals surface area contributed by atoms with Crippen molar-refractivity contribution in [3.8, 4) is 12.3 Å². The normalized spacial score (nSPS) is 9.73. The highest BCUT2D eigenvalue weighted by Gasteiger charge is 2.11. The fraction of sp³-hybridized carbons (Fsp3) is 0.333. The number of halogens is 1. The van der Waals surface area contributed by atoms with Crippen molar-refractivity contribution >= 4 is 5.69 Å².